The molecule has 3 rings (SSSR count). The van der Waals surface area contributed by atoms with Crippen molar-refractivity contribution in [3.8, 4) is 11.4 Å². The first kappa shape index (κ1) is 19.4. The van der Waals surface area contributed by atoms with Crippen LogP contribution < -0.4 is 10.3 Å². The van der Waals surface area contributed by atoms with E-state index in [9.17, 15) is 14.4 Å². The zero-order valence-electron chi connectivity index (χ0n) is 15.8. The van der Waals surface area contributed by atoms with Crippen LogP contribution >= 0.6 is 0 Å². The molecule has 1 fully saturated rings. The summed E-state index contributed by atoms with van der Waals surface area (Å²) >= 11 is 0. The van der Waals surface area contributed by atoms with Crippen LogP contribution in [0.4, 0.5) is 4.79 Å². The number of amides is 2. The fraction of sp³-hybridized carbons (Fsp3) is 0.368. The molecule has 2 aromatic rings. The van der Waals surface area contributed by atoms with Crippen molar-refractivity contribution in [3.63, 3.8) is 0 Å². The van der Waals surface area contributed by atoms with Gasteiger partial charge in [0.1, 0.15) is 0 Å². The van der Waals surface area contributed by atoms with Gasteiger partial charge >= 0.3 is 6.09 Å². The maximum Gasteiger partial charge on any atom is 0.409 e. The van der Waals surface area contributed by atoms with Gasteiger partial charge in [0.2, 0.25) is 0 Å². The Morgan fingerprint density at radius 1 is 1.07 bits per heavy atom. The number of nitrogens with zero attached hydrogens (tertiary/aromatic N) is 4. The third-order valence-electron chi connectivity index (χ3n) is 4.41. The smallest absolute Gasteiger partial charge is 0.409 e. The van der Waals surface area contributed by atoms with Crippen LogP contribution in [0.25, 0.3) is 5.69 Å². The minimum absolute atomic E-state index is 0.0514. The highest BCUT2D eigenvalue weighted by Gasteiger charge is 2.28. The number of piperazine rings is 1. The van der Waals surface area contributed by atoms with Crippen molar-refractivity contribution < 1.29 is 19.1 Å². The molecule has 1 saturated heterocycles. The number of ether oxygens (including phenoxy) is 2. The van der Waals surface area contributed by atoms with Crippen LogP contribution in [-0.4, -0.2) is 71.5 Å². The second kappa shape index (κ2) is 8.55. The largest absolute Gasteiger partial charge is 0.494 e. The first-order valence-corrected chi connectivity index (χ1v) is 9.00. The Balaban J connectivity index is 1.84. The summed E-state index contributed by atoms with van der Waals surface area (Å²) in [5, 5.41) is 4.25. The van der Waals surface area contributed by atoms with E-state index in [-0.39, 0.29) is 23.4 Å². The van der Waals surface area contributed by atoms with Crippen LogP contribution in [0, 0.1) is 0 Å². The standard InChI is InChI=1S/C19H22N4O5/c1-3-28-19(26)22-11-9-21(10-12-22)18(25)17-15(27-2)13-16(24)23(20-17)14-7-5-4-6-8-14/h4-8,13H,3,9-12H2,1-2H3. The molecule has 9 heteroatoms. The Bertz CT molecular complexity index is 904. The molecule has 0 radical (unpaired) electrons. The molecule has 0 saturated carbocycles. The molecule has 2 heterocycles. The second-order valence-corrected chi connectivity index (χ2v) is 6.13. The quantitative estimate of drug-likeness (QED) is 0.783. The molecule has 0 N–H and O–H groups in total. The number of hydrogen-bond acceptors (Lipinski definition) is 6. The number of hydrogen-bond donors (Lipinski definition) is 0. The number of carbonyl (C=O) groups is 2. The fourth-order valence-electron chi connectivity index (χ4n) is 2.95. The highest BCUT2D eigenvalue weighted by Crippen LogP contribution is 2.18. The van der Waals surface area contributed by atoms with Gasteiger partial charge in [-0.2, -0.15) is 9.78 Å². The maximum absolute atomic E-state index is 13.0. The number of para-hydroxylation sites is 1. The van der Waals surface area contributed by atoms with Crippen molar-refractivity contribution in [2.24, 2.45) is 0 Å². The summed E-state index contributed by atoms with van der Waals surface area (Å²) in [5.41, 5.74) is 0.207. The first-order valence-electron chi connectivity index (χ1n) is 9.00. The Labute approximate surface area is 162 Å². The summed E-state index contributed by atoms with van der Waals surface area (Å²) in [6.07, 6.45) is -0.386. The highest BCUT2D eigenvalue weighted by molar-refractivity contribution is 5.95. The van der Waals surface area contributed by atoms with Crippen LogP contribution in [0.1, 0.15) is 17.4 Å². The van der Waals surface area contributed by atoms with Crippen LogP contribution in [0.5, 0.6) is 5.75 Å². The first-order chi connectivity index (χ1) is 13.5. The topological polar surface area (TPSA) is 94.0 Å². The van der Waals surface area contributed by atoms with Gasteiger partial charge in [0.15, 0.2) is 11.4 Å². The third-order valence-corrected chi connectivity index (χ3v) is 4.41. The lowest BCUT2D eigenvalue weighted by Gasteiger charge is -2.34. The van der Waals surface area contributed by atoms with Gasteiger partial charge in [-0.3, -0.25) is 9.59 Å². The zero-order chi connectivity index (χ0) is 20.1. The number of aromatic nitrogens is 2. The summed E-state index contributed by atoms with van der Waals surface area (Å²) in [4.78, 5) is 40.3. The van der Waals surface area contributed by atoms with E-state index in [0.717, 1.165) is 0 Å². The van der Waals surface area contributed by atoms with E-state index in [1.165, 1.54) is 17.9 Å². The van der Waals surface area contributed by atoms with Crippen molar-refractivity contribution in [2.45, 2.75) is 6.92 Å². The zero-order valence-corrected chi connectivity index (χ0v) is 15.8. The Morgan fingerprint density at radius 3 is 2.32 bits per heavy atom. The summed E-state index contributed by atoms with van der Waals surface area (Å²) in [7, 11) is 1.39. The maximum atomic E-state index is 13.0. The van der Waals surface area contributed by atoms with Gasteiger partial charge in [-0.05, 0) is 19.1 Å². The van der Waals surface area contributed by atoms with Gasteiger partial charge in [-0.25, -0.2) is 4.79 Å². The lowest BCUT2D eigenvalue weighted by molar-refractivity contribution is 0.0561. The minimum Gasteiger partial charge on any atom is -0.494 e. The number of benzene rings is 1. The molecule has 1 aromatic heterocycles. The van der Waals surface area contributed by atoms with Crippen LogP contribution in [-0.2, 0) is 4.74 Å². The summed E-state index contributed by atoms with van der Waals surface area (Å²) in [6, 6.07) is 10.1. The van der Waals surface area contributed by atoms with Crippen molar-refractivity contribution in [2.75, 3.05) is 39.9 Å². The fourth-order valence-corrected chi connectivity index (χ4v) is 2.95. The van der Waals surface area contributed by atoms with E-state index < -0.39 is 5.56 Å². The lowest BCUT2D eigenvalue weighted by atomic mass is 10.2. The normalized spacial score (nSPS) is 13.9. The molecule has 2 amide bonds. The van der Waals surface area contributed by atoms with E-state index in [4.69, 9.17) is 9.47 Å². The van der Waals surface area contributed by atoms with Crippen molar-refractivity contribution in [1.29, 1.82) is 0 Å². The number of methoxy groups -OCH3 is 1. The molecule has 1 aliphatic heterocycles. The average molecular weight is 386 g/mol. The van der Waals surface area contributed by atoms with Crippen LogP contribution in [0.15, 0.2) is 41.2 Å². The van der Waals surface area contributed by atoms with E-state index in [1.54, 1.807) is 41.0 Å². The molecule has 1 aliphatic rings. The van der Waals surface area contributed by atoms with Gasteiger partial charge in [-0.15, -0.1) is 0 Å². The van der Waals surface area contributed by atoms with Crippen molar-refractivity contribution in [3.05, 3.63) is 52.4 Å². The van der Waals surface area contributed by atoms with Gasteiger partial charge < -0.3 is 19.3 Å². The SMILES string of the molecule is CCOC(=O)N1CCN(C(=O)c2nn(-c3ccccc3)c(=O)cc2OC)CC1. The molecule has 1 aromatic carbocycles. The minimum atomic E-state index is -0.397. The molecular formula is C19H22N4O5. The molecule has 0 atom stereocenters. The lowest BCUT2D eigenvalue weighted by Crippen LogP contribution is -2.51. The Hall–Kier alpha value is -3.36. The number of rotatable bonds is 4. The van der Waals surface area contributed by atoms with Gasteiger partial charge in [0.25, 0.3) is 11.5 Å². The van der Waals surface area contributed by atoms with Crippen LogP contribution in [0.2, 0.25) is 0 Å². The molecular weight excluding hydrogens is 364 g/mol. The van der Waals surface area contributed by atoms with E-state index in [0.29, 0.717) is 38.5 Å². The second-order valence-electron chi connectivity index (χ2n) is 6.13. The summed E-state index contributed by atoms with van der Waals surface area (Å²) < 4.78 is 11.4. The summed E-state index contributed by atoms with van der Waals surface area (Å²) in [6.45, 7) is 3.47. The van der Waals surface area contributed by atoms with Crippen molar-refractivity contribution in [1.82, 2.24) is 19.6 Å². The average Bonchev–Trinajstić information content (AvgIpc) is 2.74. The highest BCUT2D eigenvalue weighted by atomic mass is 16.6. The van der Waals surface area contributed by atoms with Crippen molar-refractivity contribution >= 4 is 12.0 Å². The monoisotopic (exact) mass is 386 g/mol. The van der Waals surface area contributed by atoms with Gasteiger partial charge in [-0.1, -0.05) is 18.2 Å². The predicted octanol–water partition coefficient (Wildman–Crippen LogP) is 1.16. The Kier molecular flexibility index (Phi) is 5.93. The Morgan fingerprint density at radius 2 is 1.71 bits per heavy atom. The van der Waals surface area contributed by atoms with Crippen LogP contribution in [0.3, 0.4) is 0 Å². The number of carbonyl (C=O) groups excluding carboxylic acids is 2. The van der Waals surface area contributed by atoms with E-state index in [1.807, 2.05) is 6.07 Å². The van der Waals surface area contributed by atoms with E-state index in [2.05, 4.69) is 5.10 Å². The molecule has 148 valence electrons. The molecule has 0 aliphatic carbocycles. The molecule has 0 bridgehead atoms. The molecule has 0 spiro atoms. The van der Waals surface area contributed by atoms with E-state index >= 15 is 0 Å². The third kappa shape index (κ3) is 3.98. The molecule has 28 heavy (non-hydrogen) atoms. The van der Waals surface area contributed by atoms with Gasteiger partial charge in [0.05, 0.1) is 25.5 Å². The van der Waals surface area contributed by atoms with Gasteiger partial charge in [0, 0.05) is 26.2 Å². The summed E-state index contributed by atoms with van der Waals surface area (Å²) in [5.74, 6) is -0.236. The molecule has 9 nitrogen and oxygen atoms in total. The molecule has 0 unspecified atom stereocenters. The predicted molar refractivity (Wildman–Crippen MR) is 101 cm³/mol.